The van der Waals surface area contributed by atoms with Gasteiger partial charge in [0.2, 0.25) is 0 Å². The summed E-state index contributed by atoms with van der Waals surface area (Å²) in [5, 5.41) is 13.1. The van der Waals surface area contributed by atoms with Crippen molar-refractivity contribution in [2.45, 2.75) is 33.1 Å². The van der Waals surface area contributed by atoms with Gasteiger partial charge in [0, 0.05) is 5.56 Å². The molecule has 2 rings (SSSR count). The van der Waals surface area contributed by atoms with E-state index in [1.165, 1.54) is 0 Å². The molecule has 0 bridgehead atoms. The number of rotatable bonds is 0. The minimum absolute atomic E-state index is 0.184. The van der Waals surface area contributed by atoms with Crippen molar-refractivity contribution in [3.63, 3.8) is 0 Å². The average Bonchev–Trinajstić information content (AvgIpc) is 2.41. The van der Waals surface area contributed by atoms with E-state index in [-0.39, 0.29) is 5.41 Å². The molecule has 0 amide bonds. The van der Waals surface area contributed by atoms with Crippen molar-refractivity contribution < 1.29 is 9.90 Å². The number of carbonyl (C=O) groups is 1. The summed E-state index contributed by atoms with van der Waals surface area (Å²) in [5.41, 5.74) is 2.18. The van der Waals surface area contributed by atoms with Crippen LogP contribution < -0.4 is 0 Å². The quantitative estimate of drug-likeness (QED) is 0.748. The van der Waals surface area contributed by atoms with E-state index in [1.807, 2.05) is 0 Å². The summed E-state index contributed by atoms with van der Waals surface area (Å²) in [6.45, 7) is 4.34. The van der Waals surface area contributed by atoms with E-state index in [1.54, 1.807) is 0 Å². The van der Waals surface area contributed by atoms with E-state index in [2.05, 4.69) is 41.5 Å². The summed E-state index contributed by atoms with van der Waals surface area (Å²) >= 11 is 2.11. The van der Waals surface area contributed by atoms with Crippen LogP contribution in [0.2, 0.25) is 0 Å². The zero-order valence-corrected chi connectivity index (χ0v) is 10.9. The fourth-order valence-corrected chi connectivity index (χ4v) is 2.84. The Bertz CT molecular complexity index is 423. The van der Waals surface area contributed by atoms with Gasteiger partial charge in [-0.1, -0.05) is 13.8 Å². The molecule has 15 heavy (non-hydrogen) atoms. The van der Waals surface area contributed by atoms with Gasteiger partial charge in [0.15, 0.2) is 0 Å². The van der Waals surface area contributed by atoms with Crippen molar-refractivity contribution in [1.29, 1.82) is 0 Å². The van der Waals surface area contributed by atoms with Gasteiger partial charge in [-0.3, -0.25) is 0 Å². The van der Waals surface area contributed by atoms with E-state index in [4.69, 9.17) is 5.11 Å². The van der Waals surface area contributed by atoms with Crippen LogP contribution in [-0.2, 0) is 12.8 Å². The Balaban J connectivity index is 2.51. The number of hydrogen-bond donors (Lipinski definition) is 1. The summed E-state index contributed by atoms with van der Waals surface area (Å²) in [4.78, 5) is 11.0. The van der Waals surface area contributed by atoms with Crippen LogP contribution in [-0.4, -0.2) is 21.0 Å². The van der Waals surface area contributed by atoms with Gasteiger partial charge in [0.25, 0.3) is 0 Å². The van der Waals surface area contributed by atoms with Crippen molar-refractivity contribution in [2.24, 2.45) is 5.41 Å². The fraction of sp³-hybridized carbons (Fsp3) is 0.600. The minimum atomic E-state index is -0.980. The van der Waals surface area contributed by atoms with E-state index in [9.17, 15) is 4.79 Å². The van der Waals surface area contributed by atoms with Crippen LogP contribution in [0, 0.1) is 9.12 Å². The molecule has 0 fully saturated rings. The SMILES string of the molecule is CC1(C)CCc2c(I)nn(C(=O)O)c2C1. The normalized spacial score (nSPS) is 18.6. The third kappa shape index (κ3) is 1.89. The topological polar surface area (TPSA) is 55.1 Å². The van der Waals surface area contributed by atoms with Crippen LogP contribution in [0.15, 0.2) is 0 Å². The Morgan fingerprint density at radius 1 is 1.60 bits per heavy atom. The van der Waals surface area contributed by atoms with Crippen LogP contribution in [0.4, 0.5) is 4.79 Å². The molecular weight excluding hydrogens is 307 g/mol. The van der Waals surface area contributed by atoms with Crippen molar-refractivity contribution in [3.05, 3.63) is 15.0 Å². The highest BCUT2D eigenvalue weighted by molar-refractivity contribution is 14.1. The molecule has 0 radical (unpaired) electrons. The molecular formula is C10H13IN2O2. The number of carboxylic acid groups (broad SMARTS) is 1. The smallest absolute Gasteiger partial charge is 0.432 e. The van der Waals surface area contributed by atoms with Crippen molar-refractivity contribution in [2.75, 3.05) is 0 Å². The molecule has 0 aliphatic heterocycles. The number of nitrogens with zero attached hydrogens (tertiary/aromatic N) is 2. The molecule has 1 heterocycles. The first-order valence-corrected chi connectivity index (χ1v) is 5.98. The van der Waals surface area contributed by atoms with Crippen LogP contribution in [0.1, 0.15) is 31.5 Å². The lowest BCUT2D eigenvalue weighted by molar-refractivity contribution is 0.190. The fourth-order valence-electron chi connectivity index (χ4n) is 2.05. The maximum Gasteiger partial charge on any atom is 0.432 e. The van der Waals surface area contributed by atoms with Gasteiger partial charge < -0.3 is 5.11 Å². The van der Waals surface area contributed by atoms with Crippen LogP contribution in [0.25, 0.3) is 0 Å². The van der Waals surface area contributed by atoms with Crippen LogP contribution >= 0.6 is 22.6 Å². The Morgan fingerprint density at radius 3 is 2.87 bits per heavy atom. The van der Waals surface area contributed by atoms with Crippen molar-refractivity contribution >= 4 is 28.7 Å². The van der Waals surface area contributed by atoms with E-state index in [0.717, 1.165) is 38.9 Å². The molecule has 1 N–H and O–H groups in total. The van der Waals surface area contributed by atoms with Gasteiger partial charge in [0.05, 0.1) is 5.69 Å². The third-order valence-electron chi connectivity index (χ3n) is 2.92. The van der Waals surface area contributed by atoms with Gasteiger partial charge in [-0.15, -0.1) is 0 Å². The monoisotopic (exact) mass is 320 g/mol. The summed E-state index contributed by atoms with van der Waals surface area (Å²) < 4.78 is 1.97. The van der Waals surface area contributed by atoms with Gasteiger partial charge in [-0.05, 0) is 47.3 Å². The molecule has 1 aliphatic carbocycles. The van der Waals surface area contributed by atoms with Crippen LogP contribution in [0.5, 0.6) is 0 Å². The second-order valence-electron chi connectivity index (χ2n) is 4.75. The van der Waals surface area contributed by atoms with Crippen molar-refractivity contribution in [1.82, 2.24) is 9.78 Å². The molecule has 5 heteroatoms. The van der Waals surface area contributed by atoms with Crippen LogP contribution in [0.3, 0.4) is 0 Å². The first-order valence-electron chi connectivity index (χ1n) is 4.90. The van der Waals surface area contributed by atoms with Crippen molar-refractivity contribution in [3.8, 4) is 0 Å². The summed E-state index contributed by atoms with van der Waals surface area (Å²) in [5.74, 6) is 0. The first kappa shape index (κ1) is 10.9. The Morgan fingerprint density at radius 2 is 2.27 bits per heavy atom. The standard InChI is InChI=1S/C10H13IN2O2/c1-10(2)4-3-6-7(5-10)13(9(14)15)12-8(6)11/h3-5H2,1-2H3,(H,14,15). The average molecular weight is 320 g/mol. The molecule has 1 aromatic rings. The summed E-state index contributed by atoms with van der Waals surface area (Å²) in [6, 6.07) is 0. The number of halogens is 1. The molecule has 0 saturated carbocycles. The lowest BCUT2D eigenvalue weighted by Gasteiger charge is -2.29. The molecule has 0 unspecified atom stereocenters. The molecule has 82 valence electrons. The van der Waals surface area contributed by atoms with E-state index in [0.29, 0.717) is 0 Å². The molecule has 4 nitrogen and oxygen atoms in total. The highest BCUT2D eigenvalue weighted by Crippen LogP contribution is 2.36. The Kier molecular flexibility index (Phi) is 2.52. The molecule has 1 aromatic heterocycles. The maximum absolute atomic E-state index is 11.0. The second-order valence-corrected chi connectivity index (χ2v) is 5.77. The number of fused-ring (bicyclic) bond motifs is 1. The van der Waals surface area contributed by atoms with Gasteiger partial charge in [-0.2, -0.15) is 9.78 Å². The van der Waals surface area contributed by atoms with E-state index < -0.39 is 6.09 Å². The third-order valence-corrected chi connectivity index (χ3v) is 3.79. The largest absolute Gasteiger partial charge is 0.463 e. The molecule has 1 aliphatic rings. The molecule has 0 atom stereocenters. The van der Waals surface area contributed by atoms with Gasteiger partial charge in [-0.25, -0.2) is 4.79 Å². The van der Waals surface area contributed by atoms with E-state index >= 15 is 0 Å². The Labute approximate surface area is 102 Å². The number of hydrogen-bond acceptors (Lipinski definition) is 2. The zero-order valence-electron chi connectivity index (χ0n) is 8.75. The van der Waals surface area contributed by atoms with Gasteiger partial charge in [0.1, 0.15) is 3.70 Å². The first-order chi connectivity index (χ1) is 6.91. The number of aromatic nitrogens is 2. The predicted octanol–water partition coefficient (Wildman–Crippen LogP) is 2.53. The highest BCUT2D eigenvalue weighted by Gasteiger charge is 2.31. The zero-order chi connectivity index (χ0) is 11.2. The summed E-state index contributed by atoms with van der Waals surface area (Å²) in [7, 11) is 0. The molecule has 0 spiro atoms. The molecule has 0 saturated heterocycles. The molecule has 0 aromatic carbocycles. The highest BCUT2D eigenvalue weighted by atomic mass is 127. The van der Waals surface area contributed by atoms with Gasteiger partial charge >= 0.3 is 6.09 Å². The maximum atomic E-state index is 11.0. The predicted molar refractivity (Wildman–Crippen MR) is 64.2 cm³/mol. The second kappa shape index (κ2) is 3.47. The summed E-state index contributed by atoms with van der Waals surface area (Å²) in [6.07, 6.45) is 1.85. The lowest BCUT2D eigenvalue weighted by Crippen LogP contribution is -2.25. The Hall–Kier alpha value is -0.590. The minimum Gasteiger partial charge on any atom is -0.463 e. The lowest BCUT2D eigenvalue weighted by atomic mass is 9.77.